The van der Waals surface area contributed by atoms with E-state index in [4.69, 9.17) is 4.74 Å². The zero-order chi connectivity index (χ0) is 18.7. The minimum Gasteiger partial charge on any atom is -0.496 e. The summed E-state index contributed by atoms with van der Waals surface area (Å²) in [4.78, 5) is 16.7. The summed E-state index contributed by atoms with van der Waals surface area (Å²) in [6.07, 6.45) is 2.01. The van der Waals surface area contributed by atoms with Crippen LogP contribution in [-0.4, -0.2) is 23.5 Å². The lowest BCUT2D eigenvalue weighted by molar-refractivity contribution is 0.0912. The van der Waals surface area contributed by atoms with Crippen molar-refractivity contribution in [3.63, 3.8) is 0 Å². The van der Waals surface area contributed by atoms with Gasteiger partial charge in [0.15, 0.2) is 0 Å². The third-order valence-electron chi connectivity index (χ3n) is 4.20. The summed E-state index contributed by atoms with van der Waals surface area (Å²) < 4.78 is 19.1. The fourth-order valence-corrected chi connectivity index (χ4v) is 3.00. The molecular weight excluding hydrogens is 331 g/mol. The number of fused-ring (bicyclic) bond motifs is 1. The molecule has 1 aromatic heterocycles. The maximum atomic E-state index is 13.7. The standard InChI is InChI=1S/C21H21FN2O2/c1-21(2,12-15-7-4-5-10-18(15)26-3)24-20(25)16-11-14-8-6-9-17(22)19(14)23-13-16/h4-11,13H,12H2,1-3H3,(H,24,25). The number of rotatable bonds is 5. The van der Waals surface area contributed by atoms with Crippen LogP contribution in [-0.2, 0) is 6.42 Å². The van der Waals surface area contributed by atoms with Crippen molar-refractivity contribution in [2.75, 3.05) is 7.11 Å². The molecule has 0 aliphatic heterocycles. The Bertz CT molecular complexity index is 954. The molecule has 0 saturated heterocycles. The molecule has 2 aromatic carbocycles. The number of carbonyl (C=O) groups is 1. The molecule has 5 heteroatoms. The number of ether oxygens (including phenoxy) is 1. The summed E-state index contributed by atoms with van der Waals surface area (Å²) in [6.45, 7) is 3.90. The highest BCUT2D eigenvalue weighted by molar-refractivity contribution is 5.97. The van der Waals surface area contributed by atoms with Crippen molar-refractivity contribution in [1.29, 1.82) is 0 Å². The van der Waals surface area contributed by atoms with Crippen LogP contribution in [0, 0.1) is 5.82 Å². The number of carbonyl (C=O) groups excluding carboxylic acids is 1. The maximum absolute atomic E-state index is 13.7. The minimum absolute atomic E-state index is 0.247. The van der Waals surface area contributed by atoms with E-state index >= 15 is 0 Å². The third-order valence-corrected chi connectivity index (χ3v) is 4.20. The van der Waals surface area contributed by atoms with Gasteiger partial charge in [0.25, 0.3) is 5.91 Å². The number of para-hydroxylation sites is 2. The molecule has 1 N–H and O–H groups in total. The van der Waals surface area contributed by atoms with Gasteiger partial charge in [0.2, 0.25) is 0 Å². The number of pyridine rings is 1. The number of aromatic nitrogens is 1. The highest BCUT2D eigenvalue weighted by atomic mass is 19.1. The van der Waals surface area contributed by atoms with Crippen LogP contribution in [0.5, 0.6) is 5.75 Å². The number of hydrogen-bond acceptors (Lipinski definition) is 3. The van der Waals surface area contributed by atoms with Gasteiger partial charge in [-0.25, -0.2) is 4.39 Å². The first-order valence-corrected chi connectivity index (χ1v) is 8.38. The summed E-state index contributed by atoms with van der Waals surface area (Å²) in [5.41, 5.74) is 1.18. The van der Waals surface area contributed by atoms with E-state index in [2.05, 4.69) is 10.3 Å². The molecule has 0 unspecified atom stereocenters. The summed E-state index contributed by atoms with van der Waals surface area (Å²) in [6, 6.07) is 14.1. The first-order valence-electron chi connectivity index (χ1n) is 8.38. The van der Waals surface area contributed by atoms with E-state index in [0.29, 0.717) is 17.4 Å². The zero-order valence-electron chi connectivity index (χ0n) is 15.0. The van der Waals surface area contributed by atoms with Gasteiger partial charge in [-0.2, -0.15) is 0 Å². The van der Waals surface area contributed by atoms with Crippen LogP contribution in [0.15, 0.2) is 54.7 Å². The van der Waals surface area contributed by atoms with Crippen LogP contribution >= 0.6 is 0 Å². The molecule has 3 aromatic rings. The van der Waals surface area contributed by atoms with E-state index < -0.39 is 11.4 Å². The molecule has 1 heterocycles. The van der Waals surface area contributed by atoms with Gasteiger partial charge in [-0.15, -0.1) is 0 Å². The van der Waals surface area contributed by atoms with Crippen molar-refractivity contribution in [1.82, 2.24) is 10.3 Å². The number of halogens is 1. The lowest BCUT2D eigenvalue weighted by Crippen LogP contribution is -2.45. The van der Waals surface area contributed by atoms with Crippen LogP contribution in [0.3, 0.4) is 0 Å². The van der Waals surface area contributed by atoms with Gasteiger partial charge in [-0.1, -0.05) is 30.3 Å². The Kier molecular flexibility index (Phi) is 4.89. The fourth-order valence-electron chi connectivity index (χ4n) is 3.00. The SMILES string of the molecule is COc1ccccc1CC(C)(C)NC(=O)c1cnc2c(F)cccc2c1. The zero-order valence-corrected chi connectivity index (χ0v) is 15.0. The van der Waals surface area contributed by atoms with E-state index in [0.717, 1.165) is 11.3 Å². The number of hydrogen-bond donors (Lipinski definition) is 1. The van der Waals surface area contributed by atoms with E-state index in [9.17, 15) is 9.18 Å². The van der Waals surface area contributed by atoms with E-state index in [-0.39, 0.29) is 11.4 Å². The smallest absolute Gasteiger partial charge is 0.253 e. The van der Waals surface area contributed by atoms with Crippen molar-refractivity contribution >= 4 is 16.8 Å². The molecule has 0 saturated carbocycles. The Morgan fingerprint density at radius 2 is 1.96 bits per heavy atom. The minimum atomic E-state index is -0.497. The van der Waals surface area contributed by atoms with Crippen molar-refractivity contribution in [3.8, 4) is 5.75 Å². The molecule has 0 fully saturated rings. The number of benzene rings is 2. The Hall–Kier alpha value is -2.95. The predicted octanol–water partition coefficient (Wildman–Crippen LogP) is 4.13. The average molecular weight is 352 g/mol. The molecule has 0 bridgehead atoms. The van der Waals surface area contributed by atoms with Crippen molar-refractivity contribution in [2.45, 2.75) is 25.8 Å². The summed E-state index contributed by atoms with van der Waals surface area (Å²) >= 11 is 0. The molecular formula is C21H21FN2O2. The molecule has 0 aliphatic carbocycles. The molecule has 3 rings (SSSR count). The highest BCUT2D eigenvalue weighted by Gasteiger charge is 2.23. The normalized spacial score (nSPS) is 11.4. The number of amides is 1. The van der Waals surface area contributed by atoms with Crippen LogP contribution in [0.1, 0.15) is 29.8 Å². The Morgan fingerprint density at radius 1 is 1.19 bits per heavy atom. The second-order valence-corrected chi connectivity index (χ2v) is 6.86. The topological polar surface area (TPSA) is 51.2 Å². The molecule has 134 valence electrons. The fraction of sp³-hybridized carbons (Fsp3) is 0.238. The summed E-state index contributed by atoms with van der Waals surface area (Å²) in [7, 11) is 1.63. The van der Waals surface area contributed by atoms with Crippen molar-refractivity contribution in [3.05, 3.63) is 71.7 Å². The van der Waals surface area contributed by atoms with Crippen molar-refractivity contribution in [2.24, 2.45) is 0 Å². The number of methoxy groups -OCH3 is 1. The van der Waals surface area contributed by atoms with Crippen LogP contribution in [0.4, 0.5) is 4.39 Å². The molecule has 0 aliphatic rings. The molecule has 0 radical (unpaired) electrons. The lowest BCUT2D eigenvalue weighted by atomic mass is 9.94. The van der Waals surface area contributed by atoms with Crippen LogP contribution in [0.25, 0.3) is 10.9 Å². The van der Waals surface area contributed by atoms with E-state index in [1.807, 2.05) is 38.1 Å². The Labute approximate surface area is 152 Å². The van der Waals surface area contributed by atoms with Gasteiger partial charge in [0.1, 0.15) is 17.1 Å². The number of nitrogens with one attached hydrogen (secondary N) is 1. The van der Waals surface area contributed by atoms with Gasteiger partial charge in [0, 0.05) is 17.1 Å². The van der Waals surface area contributed by atoms with Gasteiger partial charge in [0.05, 0.1) is 12.7 Å². The Balaban J connectivity index is 1.80. The quantitative estimate of drug-likeness (QED) is 0.751. The van der Waals surface area contributed by atoms with E-state index in [1.165, 1.54) is 12.3 Å². The first-order chi connectivity index (χ1) is 12.4. The predicted molar refractivity (Wildman–Crippen MR) is 99.9 cm³/mol. The molecule has 0 atom stereocenters. The third kappa shape index (κ3) is 3.82. The molecule has 26 heavy (non-hydrogen) atoms. The average Bonchev–Trinajstić information content (AvgIpc) is 2.61. The largest absolute Gasteiger partial charge is 0.496 e. The van der Waals surface area contributed by atoms with Crippen LogP contribution in [0.2, 0.25) is 0 Å². The van der Waals surface area contributed by atoms with E-state index in [1.54, 1.807) is 25.3 Å². The van der Waals surface area contributed by atoms with Crippen LogP contribution < -0.4 is 10.1 Å². The maximum Gasteiger partial charge on any atom is 0.253 e. The monoisotopic (exact) mass is 352 g/mol. The second-order valence-electron chi connectivity index (χ2n) is 6.86. The Morgan fingerprint density at radius 3 is 2.73 bits per heavy atom. The molecule has 0 spiro atoms. The summed E-state index contributed by atoms with van der Waals surface area (Å²) in [5, 5.41) is 3.62. The first kappa shape index (κ1) is 17.9. The van der Waals surface area contributed by atoms with Crippen molar-refractivity contribution < 1.29 is 13.9 Å². The molecule has 4 nitrogen and oxygen atoms in total. The highest BCUT2D eigenvalue weighted by Crippen LogP contribution is 2.23. The van der Waals surface area contributed by atoms with Gasteiger partial charge < -0.3 is 10.1 Å². The summed E-state index contributed by atoms with van der Waals surface area (Å²) in [5.74, 6) is 0.146. The molecule has 1 amide bonds. The number of nitrogens with zero attached hydrogens (tertiary/aromatic N) is 1. The van der Waals surface area contributed by atoms with Gasteiger partial charge in [-0.3, -0.25) is 9.78 Å². The van der Waals surface area contributed by atoms with Gasteiger partial charge >= 0.3 is 0 Å². The lowest BCUT2D eigenvalue weighted by Gasteiger charge is -2.27. The van der Waals surface area contributed by atoms with Gasteiger partial charge in [-0.05, 0) is 44.0 Å². The second kappa shape index (κ2) is 7.12.